The summed E-state index contributed by atoms with van der Waals surface area (Å²) in [4.78, 5) is 20.9. The topological polar surface area (TPSA) is 62.5 Å². The molecule has 1 atom stereocenters. The van der Waals surface area contributed by atoms with Gasteiger partial charge in [-0.05, 0) is 39.1 Å². The van der Waals surface area contributed by atoms with Gasteiger partial charge in [0, 0.05) is 37.4 Å². The number of carbonyl (C=O) groups is 1. The molecule has 0 aromatic carbocycles. The highest BCUT2D eigenvalue weighted by atomic mass is 16.2. The van der Waals surface area contributed by atoms with Crippen LogP contribution in [0.5, 0.6) is 0 Å². The maximum Gasteiger partial charge on any atom is 0.254 e. The van der Waals surface area contributed by atoms with E-state index < -0.39 is 0 Å². The van der Waals surface area contributed by atoms with E-state index in [9.17, 15) is 4.79 Å². The number of nitrogens with two attached hydrogens (primary N) is 1. The lowest BCUT2D eigenvalue weighted by Crippen LogP contribution is -2.42. The first kappa shape index (κ1) is 14.0. The number of pyridine rings is 1. The molecule has 1 aliphatic rings. The number of nitrogens with zero attached hydrogens (tertiary/aromatic N) is 3. The Morgan fingerprint density at radius 2 is 2.32 bits per heavy atom. The fourth-order valence-corrected chi connectivity index (χ4v) is 2.56. The Morgan fingerprint density at radius 1 is 1.53 bits per heavy atom. The minimum atomic E-state index is 0.0832. The molecule has 2 rings (SSSR count). The van der Waals surface area contributed by atoms with E-state index in [-0.39, 0.29) is 11.9 Å². The lowest BCUT2D eigenvalue weighted by Gasteiger charge is -2.28. The second-order valence-corrected chi connectivity index (χ2v) is 5.20. The van der Waals surface area contributed by atoms with Crippen LogP contribution in [-0.2, 0) is 6.54 Å². The van der Waals surface area contributed by atoms with Crippen molar-refractivity contribution in [3.63, 3.8) is 0 Å². The molecule has 5 heteroatoms. The van der Waals surface area contributed by atoms with Crippen molar-refractivity contribution in [1.29, 1.82) is 0 Å². The summed E-state index contributed by atoms with van der Waals surface area (Å²) < 4.78 is 0. The van der Waals surface area contributed by atoms with Gasteiger partial charge in [-0.2, -0.15) is 0 Å². The van der Waals surface area contributed by atoms with Crippen molar-refractivity contribution in [1.82, 2.24) is 14.8 Å². The van der Waals surface area contributed by atoms with Gasteiger partial charge in [-0.15, -0.1) is 0 Å². The average molecular weight is 262 g/mol. The van der Waals surface area contributed by atoms with Gasteiger partial charge in [0.2, 0.25) is 0 Å². The van der Waals surface area contributed by atoms with Crippen molar-refractivity contribution in [2.45, 2.75) is 25.9 Å². The Balaban J connectivity index is 2.17. The number of carbonyl (C=O) groups excluding carboxylic acids is 1. The first-order chi connectivity index (χ1) is 9.11. The molecule has 1 aromatic heterocycles. The molecule has 0 spiro atoms. The largest absolute Gasteiger partial charge is 0.335 e. The van der Waals surface area contributed by atoms with Crippen molar-refractivity contribution in [3.05, 3.63) is 29.6 Å². The van der Waals surface area contributed by atoms with Crippen LogP contribution in [0.3, 0.4) is 0 Å². The molecule has 2 heterocycles. The first-order valence-electron chi connectivity index (χ1n) is 6.76. The molecule has 1 saturated heterocycles. The van der Waals surface area contributed by atoms with Gasteiger partial charge in [0.25, 0.3) is 5.91 Å². The van der Waals surface area contributed by atoms with Crippen molar-refractivity contribution in [3.8, 4) is 0 Å². The number of hydrogen-bond acceptors (Lipinski definition) is 4. The lowest BCUT2D eigenvalue weighted by molar-refractivity contribution is 0.0696. The van der Waals surface area contributed by atoms with Gasteiger partial charge < -0.3 is 15.5 Å². The minimum Gasteiger partial charge on any atom is -0.335 e. The van der Waals surface area contributed by atoms with Crippen LogP contribution in [0, 0.1) is 0 Å². The van der Waals surface area contributed by atoms with E-state index in [2.05, 4.69) is 23.9 Å². The maximum atomic E-state index is 12.6. The number of amides is 1. The van der Waals surface area contributed by atoms with Crippen LogP contribution in [0.15, 0.2) is 18.3 Å². The van der Waals surface area contributed by atoms with Crippen molar-refractivity contribution < 1.29 is 4.79 Å². The molecule has 19 heavy (non-hydrogen) atoms. The second-order valence-electron chi connectivity index (χ2n) is 5.20. The minimum absolute atomic E-state index is 0.0832. The zero-order valence-corrected chi connectivity index (χ0v) is 11.7. The van der Waals surface area contributed by atoms with Crippen LogP contribution in [-0.4, -0.2) is 53.4 Å². The van der Waals surface area contributed by atoms with Gasteiger partial charge in [-0.25, -0.2) is 0 Å². The monoisotopic (exact) mass is 262 g/mol. The molecule has 2 N–H and O–H groups in total. The standard InChI is InChI=1S/C14H22N4O/c1-11-10-17(2)6-3-7-18(11)14(19)12-4-5-16-13(8-12)9-15/h4-5,8,11H,3,6-7,9-10,15H2,1-2H3. The Kier molecular flexibility index (Phi) is 4.50. The first-order valence-corrected chi connectivity index (χ1v) is 6.76. The third-order valence-electron chi connectivity index (χ3n) is 3.58. The molecule has 104 valence electrons. The summed E-state index contributed by atoms with van der Waals surface area (Å²) in [7, 11) is 2.10. The van der Waals surface area contributed by atoms with Gasteiger partial charge in [0.15, 0.2) is 0 Å². The van der Waals surface area contributed by atoms with Gasteiger partial charge in [-0.1, -0.05) is 0 Å². The predicted molar refractivity (Wildman–Crippen MR) is 74.7 cm³/mol. The van der Waals surface area contributed by atoms with E-state index in [0.29, 0.717) is 12.1 Å². The van der Waals surface area contributed by atoms with E-state index in [4.69, 9.17) is 5.73 Å². The Labute approximate surface area is 114 Å². The third-order valence-corrected chi connectivity index (χ3v) is 3.58. The van der Waals surface area contributed by atoms with E-state index in [0.717, 1.165) is 31.7 Å². The van der Waals surface area contributed by atoms with E-state index in [1.165, 1.54) is 0 Å². The highest BCUT2D eigenvalue weighted by Gasteiger charge is 2.24. The molecule has 0 aliphatic carbocycles. The number of aromatic nitrogens is 1. The fourth-order valence-electron chi connectivity index (χ4n) is 2.56. The van der Waals surface area contributed by atoms with Crippen LogP contribution in [0.4, 0.5) is 0 Å². The van der Waals surface area contributed by atoms with Crippen LogP contribution in [0.1, 0.15) is 29.4 Å². The Morgan fingerprint density at radius 3 is 3.05 bits per heavy atom. The normalized spacial score (nSPS) is 21.2. The van der Waals surface area contributed by atoms with Gasteiger partial charge in [0.05, 0.1) is 5.69 Å². The molecule has 1 fully saturated rings. The molecule has 0 radical (unpaired) electrons. The quantitative estimate of drug-likeness (QED) is 0.852. The summed E-state index contributed by atoms with van der Waals surface area (Å²) in [6.45, 7) is 5.23. The Hall–Kier alpha value is -1.46. The highest BCUT2D eigenvalue weighted by Crippen LogP contribution is 2.13. The second kappa shape index (κ2) is 6.12. The molecule has 5 nitrogen and oxygen atoms in total. The maximum absolute atomic E-state index is 12.6. The smallest absolute Gasteiger partial charge is 0.254 e. The molecular formula is C14H22N4O. The molecule has 1 amide bonds. The van der Waals surface area contributed by atoms with E-state index in [1.54, 1.807) is 18.3 Å². The molecule has 0 saturated carbocycles. The lowest BCUT2D eigenvalue weighted by atomic mass is 10.1. The number of rotatable bonds is 2. The van der Waals surface area contributed by atoms with E-state index >= 15 is 0 Å². The SMILES string of the molecule is CC1CN(C)CCCN1C(=O)c1ccnc(CN)c1. The van der Waals surface area contributed by atoms with Crippen molar-refractivity contribution >= 4 is 5.91 Å². The van der Waals surface area contributed by atoms with Gasteiger partial charge in [0.1, 0.15) is 0 Å². The highest BCUT2D eigenvalue weighted by molar-refractivity contribution is 5.94. The zero-order chi connectivity index (χ0) is 13.8. The van der Waals surface area contributed by atoms with Crippen LogP contribution < -0.4 is 5.73 Å². The summed E-state index contributed by atoms with van der Waals surface area (Å²) in [6.07, 6.45) is 2.67. The summed E-state index contributed by atoms with van der Waals surface area (Å²) in [5, 5.41) is 0. The predicted octanol–water partition coefficient (Wildman–Crippen LogP) is 0.707. The fraction of sp³-hybridized carbons (Fsp3) is 0.571. The third kappa shape index (κ3) is 3.30. The zero-order valence-electron chi connectivity index (χ0n) is 11.7. The summed E-state index contributed by atoms with van der Waals surface area (Å²) in [6, 6.07) is 3.79. The summed E-state index contributed by atoms with van der Waals surface area (Å²) in [5.74, 6) is 0.0832. The van der Waals surface area contributed by atoms with Crippen molar-refractivity contribution in [2.24, 2.45) is 5.73 Å². The average Bonchev–Trinajstić information content (AvgIpc) is 2.58. The summed E-state index contributed by atoms with van der Waals surface area (Å²) >= 11 is 0. The Bertz CT molecular complexity index is 449. The summed E-state index contributed by atoms with van der Waals surface area (Å²) in [5.41, 5.74) is 7.02. The van der Waals surface area contributed by atoms with Crippen molar-refractivity contribution in [2.75, 3.05) is 26.7 Å². The molecule has 1 aliphatic heterocycles. The van der Waals surface area contributed by atoms with Crippen LogP contribution in [0.2, 0.25) is 0 Å². The van der Waals surface area contributed by atoms with Gasteiger partial charge >= 0.3 is 0 Å². The molecule has 0 bridgehead atoms. The molecule has 1 aromatic rings. The number of likely N-dealkylation sites (N-methyl/N-ethyl adjacent to an activating group) is 1. The molecular weight excluding hydrogens is 240 g/mol. The van der Waals surface area contributed by atoms with Crippen LogP contribution in [0.25, 0.3) is 0 Å². The van der Waals surface area contributed by atoms with Crippen LogP contribution >= 0.6 is 0 Å². The molecule has 1 unspecified atom stereocenters. The van der Waals surface area contributed by atoms with Gasteiger partial charge in [-0.3, -0.25) is 9.78 Å². The van der Waals surface area contributed by atoms with E-state index in [1.807, 2.05) is 4.90 Å². The number of hydrogen-bond donors (Lipinski definition) is 1.